The number of amides is 1. The Kier molecular flexibility index (Phi) is 6.71. The Bertz CT molecular complexity index is 2100. The van der Waals surface area contributed by atoms with Gasteiger partial charge in [0.05, 0.1) is 32.8 Å². The molecule has 0 spiro atoms. The SMILES string of the molecule is [2H]C1([2H])Oc2ccnc(C(C)C)c2-n2c(=O)nc(N3C[C@@H](C)N(C(=O)C=C)C[C@@H]3C)c3cc(Cl)c(nc32)-c2c(F)ccc(F)c2OC1([2H])[2H]. The third-order valence-electron chi connectivity index (χ3n) is 7.85. The molecule has 4 aromatic rings. The number of aromatic nitrogens is 4. The third kappa shape index (κ3) is 5.16. The Labute approximate surface area is 268 Å². The van der Waals surface area contributed by atoms with E-state index >= 15 is 8.78 Å². The molecule has 234 valence electrons. The lowest BCUT2D eigenvalue weighted by Crippen LogP contribution is -2.58. The number of halogens is 3. The molecule has 5 heterocycles. The highest BCUT2D eigenvalue weighted by Gasteiger charge is 2.35. The van der Waals surface area contributed by atoms with Crippen molar-refractivity contribution in [3.63, 3.8) is 0 Å². The van der Waals surface area contributed by atoms with Crippen LogP contribution < -0.4 is 20.1 Å². The van der Waals surface area contributed by atoms with E-state index in [4.69, 9.17) is 26.6 Å². The van der Waals surface area contributed by atoms with Crippen molar-refractivity contribution >= 4 is 34.4 Å². The molecule has 1 amide bonds. The van der Waals surface area contributed by atoms with Crippen molar-refractivity contribution in [2.75, 3.05) is 31.1 Å². The van der Waals surface area contributed by atoms with Crippen molar-refractivity contribution in [1.29, 1.82) is 0 Å². The van der Waals surface area contributed by atoms with Crippen LogP contribution in [-0.4, -0.2) is 68.6 Å². The monoisotopic (exact) mass is 640 g/mol. The van der Waals surface area contributed by atoms with Crippen LogP contribution in [0.5, 0.6) is 11.5 Å². The number of hydrogen-bond acceptors (Lipinski definition) is 8. The molecule has 0 saturated carbocycles. The molecule has 6 rings (SSSR count). The second kappa shape index (κ2) is 11.7. The van der Waals surface area contributed by atoms with Gasteiger partial charge in [-0.25, -0.2) is 23.1 Å². The van der Waals surface area contributed by atoms with Gasteiger partial charge in [-0.05, 0) is 44.0 Å². The summed E-state index contributed by atoms with van der Waals surface area (Å²) in [5.41, 5.74) is -2.04. The number of anilines is 1. The minimum atomic E-state index is -3.44. The zero-order valence-electron chi connectivity index (χ0n) is 28.8. The van der Waals surface area contributed by atoms with Gasteiger partial charge < -0.3 is 19.3 Å². The number of ether oxygens (including phenoxy) is 2. The van der Waals surface area contributed by atoms with E-state index in [1.165, 1.54) is 24.4 Å². The topological polar surface area (TPSA) is 103 Å². The zero-order chi connectivity index (χ0) is 35.7. The standard InChI is InChI=1S/C32H31ClF2N6O4/c1-6-24(42)39-14-18(5)40(15-17(39)4)30-19-13-20(33)27-25-21(34)7-8-22(35)29(25)45-12-11-44-23-9-10-36-26(16(2)3)28(23)41(31(19)37-27)32(43)38-30/h6-10,13,16-18H,1,11-12,14-15H2,2-5H3/t17-,18+/m1/s1/i11D2,12D2. The van der Waals surface area contributed by atoms with Gasteiger partial charge in [0.25, 0.3) is 0 Å². The molecule has 45 heavy (non-hydrogen) atoms. The van der Waals surface area contributed by atoms with Gasteiger partial charge in [0.1, 0.15) is 36.2 Å². The highest BCUT2D eigenvalue weighted by molar-refractivity contribution is 6.34. The second-order valence-electron chi connectivity index (χ2n) is 11.1. The lowest BCUT2D eigenvalue weighted by Gasteiger charge is -2.44. The first-order valence-corrected chi connectivity index (χ1v) is 14.5. The maximum Gasteiger partial charge on any atom is 0.356 e. The number of hydrogen-bond donors (Lipinski definition) is 0. The summed E-state index contributed by atoms with van der Waals surface area (Å²) in [6, 6.07) is 3.38. The smallest absolute Gasteiger partial charge is 0.356 e. The van der Waals surface area contributed by atoms with E-state index in [1.807, 2.05) is 18.7 Å². The molecule has 2 atom stereocenters. The van der Waals surface area contributed by atoms with Crippen LogP contribution in [0.15, 0.2) is 47.9 Å². The Balaban J connectivity index is 1.76. The quantitative estimate of drug-likeness (QED) is 0.279. The van der Waals surface area contributed by atoms with Gasteiger partial charge in [-0.2, -0.15) is 4.98 Å². The summed E-state index contributed by atoms with van der Waals surface area (Å²) in [6.45, 7) is 4.50. The van der Waals surface area contributed by atoms with E-state index in [1.54, 1.807) is 18.7 Å². The first kappa shape index (κ1) is 25.7. The molecule has 0 radical (unpaired) electrons. The van der Waals surface area contributed by atoms with Crippen LogP contribution in [0.3, 0.4) is 0 Å². The number of rotatable bonds is 3. The van der Waals surface area contributed by atoms with E-state index in [0.717, 1.165) is 10.6 Å². The molecular weight excluding hydrogens is 606 g/mol. The van der Waals surface area contributed by atoms with E-state index in [-0.39, 0.29) is 70.1 Å². The number of benzene rings is 1. The number of pyridine rings is 2. The number of piperazine rings is 1. The first-order valence-electron chi connectivity index (χ1n) is 16.2. The minimum absolute atomic E-state index is 0.102. The number of fused-ring (bicyclic) bond motifs is 5. The maximum atomic E-state index is 15.7. The first-order chi connectivity index (χ1) is 23.0. The fourth-order valence-corrected chi connectivity index (χ4v) is 5.98. The molecule has 3 aromatic heterocycles. The molecule has 2 aliphatic heterocycles. The van der Waals surface area contributed by atoms with Crippen LogP contribution in [0.2, 0.25) is 5.02 Å². The largest absolute Gasteiger partial charge is 0.488 e. The lowest BCUT2D eigenvalue weighted by atomic mass is 10.0. The van der Waals surface area contributed by atoms with Crippen LogP contribution in [0.25, 0.3) is 28.0 Å². The summed E-state index contributed by atoms with van der Waals surface area (Å²) in [6.07, 6.45) is 2.53. The summed E-state index contributed by atoms with van der Waals surface area (Å²) in [5.74, 6) is -4.20. The Morgan fingerprint density at radius 3 is 2.60 bits per heavy atom. The molecule has 1 aromatic carbocycles. The van der Waals surface area contributed by atoms with E-state index < -0.39 is 53.4 Å². The van der Waals surface area contributed by atoms with Gasteiger partial charge in [0.2, 0.25) is 5.91 Å². The van der Waals surface area contributed by atoms with Gasteiger partial charge in [-0.15, -0.1) is 0 Å². The number of nitrogens with zero attached hydrogens (tertiary/aromatic N) is 6. The van der Waals surface area contributed by atoms with Gasteiger partial charge in [-0.1, -0.05) is 32.0 Å². The Morgan fingerprint density at radius 2 is 1.87 bits per heavy atom. The number of carbonyl (C=O) groups is 1. The molecule has 2 aliphatic rings. The van der Waals surface area contributed by atoms with Crippen LogP contribution in [0, 0.1) is 11.6 Å². The lowest BCUT2D eigenvalue weighted by molar-refractivity contribution is -0.128. The van der Waals surface area contributed by atoms with E-state index in [0.29, 0.717) is 6.07 Å². The summed E-state index contributed by atoms with van der Waals surface area (Å²) in [5, 5.41) is -0.0290. The fraction of sp³-hybridized carbons (Fsp3) is 0.344. The highest BCUT2D eigenvalue weighted by Crippen LogP contribution is 2.42. The summed E-state index contributed by atoms with van der Waals surface area (Å²) >= 11 is 6.78. The average molecular weight is 641 g/mol. The normalized spacial score (nSPS) is 21.6. The number of carbonyl (C=O) groups excluding carboxylic acids is 1. The Morgan fingerprint density at radius 1 is 1.13 bits per heavy atom. The van der Waals surface area contributed by atoms with Crippen molar-refractivity contribution in [3.8, 4) is 28.4 Å². The van der Waals surface area contributed by atoms with Crippen molar-refractivity contribution in [2.45, 2.75) is 45.7 Å². The summed E-state index contributed by atoms with van der Waals surface area (Å²) < 4.78 is 77.2. The summed E-state index contributed by atoms with van der Waals surface area (Å²) in [7, 11) is 0. The van der Waals surface area contributed by atoms with Gasteiger partial charge in [0, 0.05) is 37.4 Å². The second-order valence-corrected chi connectivity index (χ2v) is 11.5. The average Bonchev–Trinajstić information content (AvgIpc) is 3.03. The maximum absolute atomic E-state index is 15.7. The van der Waals surface area contributed by atoms with Crippen molar-refractivity contribution in [2.24, 2.45) is 0 Å². The minimum Gasteiger partial charge on any atom is -0.488 e. The highest BCUT2D eigenvalue weighted by atomic mass is 35.5. The van der Waals surface area contributed by atoms with Crippen molar-refractivity contribution < 1.29 is 28.5 Å². The molecule has 10 nitrogen and oxygen atoms in total. The van der Waals surface area contributed by atoms with Crippen molar-refractivity contribution in [1.82, 2.24) is 24.4 Å². The molecule has 13 heteroatoms. The van der Waals surface area contributed by atoms with E-state index in [9.17, 15) is 9.59 Å². The zero-order valence-corrected chi connectivity index (χ0v) is 25.5. The van der Waals surface area contributed by atoms with Crippen LogP contribution in [0.4, 0.5) is 14.6 Å². The molecular formula is C32H31ClF2N6O4. The van der Waals surface area contributed by atoms with Crippen LogP contribution >= 0.6 is 11.6 Å². The summed E-state index contributed by atoms with van der Waals surface area (Å²) in [4.78, 5) is 43.8. The van der Waals surface area contributed by atoms with Crippen molar-refractivity contribution in [3.05, 3.63) is 76.0 Å². The third-order valence-corrected chi connectivity index (χ3v) is 8.14. The molecule has 0 aliphatic carbocycles. The van der Waals surface area contributed by atoms with E-state index in [2.05, 4.69) is 21.5 Å². The van der Waals surface area contributed by atoms with Crippen LogP contribution in [-0.2, 0) is 4.79 Å². The van der Waals surface area contributed by atoms with Gasteiger partial charge in [-0.3, -0.25) is 9.78 Å². The predicted octanol–water partition coefficient (Wildman–Crippen LogP) is 5.28. The Hall–Kier alpha value is -4.58. The molecule has 0 N–H and O–H groups in total. The van der Waals surface area contributed by atoms with Crippen LogP contribution in [0.1, 0.15) is 44.8 Å². The molecule has 1 fully saturated rings. The molecule has 0 unspecified atom stereocenters. The molecule has 1 saturated heterocycles. The van der Waals surface area contributed by atoms with Gasteiger partial charge in [0.15, 0.2) is 17.2 Å². The predicted molar refractivity (Wildman–Crippen MR) is 167 cm³/mol. The van der Waals surface area contributed by atoms with Gasteiger partial charge >= 0.3 is 5.69 Å². The fourth-order valence-electron chi connectivity index (χ4n) is 5.73. The molecule has 2 bridgehead atoms.